The van der Waals surface area contributed by atoms with Crippen LogP contribution in [0, 0.1) is 0 Å². The number of hydroxylamine groups is 1. The fourth-order valence-electron chi connectivity index (χ4n) is 1.30. The van der Waals surface area contributed by atoms with Crippen molar-refractivity contribution in [2.45, 2.75) is 39.3 Å². The van der Waals surface area contributed by atoms with Crippen molar-refractivity contribution in [3.8, 4) is 0 Å². The minimum Gasteiger partial charge on any atom is -0.291 e. The molecule has 0 aliphatic rings. The van der Waals surface area contributed by atoms with E-state index in [1.54, 1.807) is 6.07 Å². The molecule has 0 unspecified atom stereocenters. The normalized spacial score (nSPS) is 12.2. The van der Waals surface area contributed by atoms with E-state index in [1.165, 1.54) is 0 Å². The number of halogens is 2. The Kier molecular flexibility index (Phi) is 4.62. The molecule has 0 aliphatic carbocycles. The number of rotatable bonds is 4. The number of hydrogen-bond donors (Lipinski definition) is 1. The molecule has 1 aromatic rings. The lowest BCUT2D eigenvalue weighted by Gasteiger charge is -2.27. The molecule has 0 saturated heterocycles. The van der Waals surface area contributed by atoms with E-state index in [0.29, 0.717) is 10.0 Å². The largest absolute Gasteiger partial charge is 0.291 e. The van der Waals surface area contributed by atoms with Crippen LogP contribution in [0.25, 0.3) is 0 Å². The smallest absolute Gasteiger partial charge is 0.110 e. The number of hydrogen-bond acceptors (Lipinski definition) is 2. The second-order valence-electron chi connectivity index (χ2n) is 4.51. The Balaban J connectivity index is 2.88. The standard InChI is InChI=1S/C12H17Cl2NO/c1-8(2)15-16-12(3,4)10-6-5-9(13)7-11(10)14/h5-8,15H,1-4H3. The topological polar surface area (TPSA) is 21.3 Å². The van der Waals surface area contributed by atoms with Crippen molar-refractivity contribution >= 4 is 23.2 Å². The fourth-order valence-corrected chi connectivity index (χ4v) is 1.93. The van der Waals surface area contributed by atoms with Crippen LogP contribution < -0.4 is 5.48 Å². The molecule has 0 aliphatic heterocycles. The molecule has 1 rings (SSSR count). The maximum Gasteiger partial charge on any atom is 0.110 e. The summed E-state index contributed by atoms with van der Waals surface area (Å²) in [6.07, 6.45) is 0. The molecule has 0 aromatic heterocycles. The predicted molar refractivity (Wildman–Crippen MR) is 68.8 cm³/mol. The van der Waals surface area contributed by atoms with Gasteiger partial charge in [-0.05, 0) is 39.8 Å². The van der Waals surface area contributed by atoms with Crippen LogP contribution in [0.5, 0.6) is 0 Å². The van der Waals surface area contributed by atoms with Crippen molar-refractivity contribution in [2.24, 2.45) is 0 Å². The summed E-state index contributed by atoms with van der Waals surface area (Å²) < 4.78 is 0. The van der Waals surface area contributed by atoms with Crippen LogP contribution in [0.3, 0.4) is 0 Å². The van der Waals surface area contributed by atoms with E-state index in [9.17, 15) is 0 Å². The van der Waals surface area contributed by atoms with Crippen LogP contribution in [-0.2, 0) is 10.4 Å². The van der Waals surface area contributed by atoms with E-state index in [4.69, 9.17) is 28.0 Å². The van der Waals surface area contributed by atoms with E-state index in [-0.39, 0.29) is 6.04 Å². The summed E-state index contributed by atoms with van der Waals surface area (Å²) in [5.41, 5.74) is 3.35. The van der Waals surface area contributed by atoms with E-state index in [0.717, 1.165) is 5.56 Å². The Morgan fingerprint density at radius 2 is 1.88 bits per heavy atom. The van der Waals surface area contributed by atoms with Crippen LogP contribution >= 0.6 is 23.2 Å². The van der Waals surface area contributed by atoms with Crippen LogP contribution in [-0.4, -0.2) is 6.04 Å². The molecule has 90 valence electrons. The third-order valence-electron chi connectivity index (χ3n) is 2.13. The second-order valence-corrected chi connectivity index (χ2v) is 5.35. The summed E-state index contributed by atoms with van der Waals surface area (Å²) in [6, 6.07) is 5.67. The summed E-state index contributed by atoms with van der Waals surface area (Å²) in [5, 5.41) is 1.24. The minimum absolute atomic E-state index is 0.255. The molecule has 1 aromatic carbocycles. The maximum atomic E-state index is 6.14. The molecule has 0 amide bonds. The van der Waals surface area contributed by atoms with Crippen molar-refractivity contribution in [1.82, 2.24) is 5.48 Å². The Labute approximate surface area is 107 Å². The van der Waals surface area contributed by atoms with E-state index in [1.807, 2.05) is 39.8 Å². The number of nitrogens with one attached hydrogen (secondary N) is 1. The first kappa shape index (κ1) is 13.8. The van der Waals surface area contributed by atoms with Gasteiger partial charge in [-0.3, -0.25) is 4.84 Å². The van der Waals surface area contributed by atoms with Gasteiger partial charge in [-0.15, -0.1) is 0 Å². The summed E-state index contributed by atoms with van der Waals surface area (Å²) >= 11 is 12.0. The van der Waals surface area contributed by atoms with Crippen molar-refractivity contribution in [3.63, 3.8) is 0 Å². The SMILES string of the molecule is CC(C)NOC(C)(C)c1ccc(Cl)cc1Cl. The lowest BCUT2D eigenvalue weighted by atomic mass is 9.98. The number of benzene rings is 1. The fraction of sp³-hybridized carbons (Fsp3) is 0.500. The van der Waals surface area contributed by atoms with Crippen LogP contribution in [0.1, 0.15) is 33.3 Å². The highest BCUT2D eigenvalue weighted by atomic mass is 35.5. The molecule has 16 heavy (non-hydrogen) atoms. The highest BCUT2D eigenvalue weighted by Gasteiger charge is 2.25. The van der Waals surface area contributed by atoms with Crippen LogP contribution in [0.4, 0.5) is 0 Å². The molecule has 0 spiro atoms. The Bertz CT molecular complexity index is 364. The molecule has 4 heteroatoms. The van der Waals surface area contributed by atoms with Gasteiger partial charge in [0.1, 0.15) is 5.60 Å². The van der Waals surface area contributed by atoms with Gasteiger partial charge in [0.05, 0.1) is 0 Å². The molecule has 0 atom stereocenters. The van der Waals surface area contributed by atoms with Gasteiger partial charge in [0, 0.05) is 21.7 Å². The average Bonchev–Trinajstić information content (AvgIpc) is 2.14. The van der Waals surface area contributed by atoms with Crippen LogP contribution in [0.15, 0.2) is 18.2 Å². The molecule has 0 radical (unpaired) electrons. The maximum absolute atomic E-state index is 6.14. The van der Waals surface area contributed by atoms with Gasteiger partial charge in [0.25, 0.3) is 0 Å². The van der Waals surface area contributed by atoms with E-state index >= 15 is 0 Å². The zero-order valence-corrected chi connectivity index (χ0v) is 11.5. The molecule has 0 bridgehead atoms. The first-order chi connectivity index (χ1) is 7.33. The van der Waals surface area contributed by atoms with Gasteiger partial charge in [0.15, 0.2) is 0 Å². The highest BCUT2D eigenvalue weighted by Crippen LogP contribution is 2.32. The molecule has 0 heterocycles. The molecule has 0 saturated carbocycles. The Morgan fingerprint density at radius 3 is 2.38 bits per heavy atom. The monoisotopic (exact) mass is 261 g/mol. The minimum atomic E-state index is -0.494. The average molecular weight is 262 g/mol. The molecular weight excluding hydrogens is 245 g/mol. The Morgan fingerprint density at radius 1 is 1.25 bits per heavy atom. The first-order valence-electron chi connectivity index (χ1n) is 5.22. The van der Waals surface area contributed by atoms with Crippen molar-refractivity contribution < 1.29 is 4.84 Å². The van der Waals surface area contributed by atoms with E-state index in [2.05, 4.69) is 5.48 Å². The first-order valence-corrected chi connectivity index (χ1v) is 5.97. The van der Waals surface area contributed by atoms with Gasteiger partial charge in [-0.2, -0.15) is 5.48 Å². The van der Waals surface area contributed by atoms with Crippen molar-refractivity contribution in [3.05, 3.63) is 33.8 Å². The third kappa shape index (κ3) is 3.63. The Hall–Kier alpha value is -0.280. The molecule has 2 nitrogen and oxygen atoms in total. The van der Waals surface area contributed by atoms with E-state index < -0.39 is 5.60 Å². The highest BCUT2D eigenvalue weighted by molar-refractivity contribution is 6.35. The summed E-state index contributed by atoms with van der Waals surface area (Å²) in [4.78, 5) is 5.62. The molecular formula is C12H17Cl2NO. The predicted octanol–water partition coefficient (Wildman–Crippen LogP) is 4.16. The van der Waals surface area contributed by atoms with Gasteiger partial charge in [-0.1, -0.05) is 29.3 Å². The quantitative estimate of drug-likeness (QED) is 0.823. The summed E-state index contributed by atoms with van der Waals surface area (Å²) in [5.74, 6) is 0. The second kappa shape index (κ2) is 5.37. The summed E-state index contributed by atoms with van der Waals surface area (Å²) in [7, 11) is 0. The van der Waals surface area contributed by atoms with Gasteiger partial charge in [0.2, 0.25) is 0 Å². The lowest BCUT2D eigenvalue weighted by molar-refractivity contribution is -0.0996. The van der Waals surface area contributed by atoms with Gasteiger partial charge in [-0.25, -0.2) is 0 Å². The van der Waals surface area contributed by atoms with Crippen molar-refractivity contribution in [2.75, 3.05) is 0 Å². The van der Waals surface area contributed by atoms with Crippen molar-refractivity contribution in [1.29, 1.82) is 0 Å². The molecule has 0 fully saturated rings. The lowest BCUT2D eigenvalue weighted by Crippen LogP contribution is -2.34. The molecule has 1 N–H and O–H groups in total. The van der Waals surface area contributed by atoms with Gasteiger partial charge >= 0.3 is 0 Å². The van der Waals surface area contributed by atoms with Crippen LogP contribution in [0.2, 0.25) is 10.0 Å². The van der Waals surface area contributed by atoms with Gasteiger partial charge < -0.3 is 0 Å². The zero-order valence-electron chi connectivity index (χ0n) is 9.97. The zero-order chi connectivity index (χ0) is 12.3. The third-order valence-corrected chi connectivity index (χ3v) is 2.68. The summed E-state index contributed by atoms with van der Waals surface area (Å²) in [6.45, 7) is 7.94.